The summed E-state index contributed by atoms with van der Waals surface area (Å²) in [5.74, 6) is 0.709. The van der Waals surface area contributed by atoms with Crippen molar-refractivity contribution in [2.45, 2.75) is 32.6 Å². The quantitative estimate of drug-likeness (QED) is 0.497. The van der Waals surface area contributed by atoms with Crippen LogP contribution < -0.4 is 10.1 Å². The van der Waals surface area contributed by atoms with Crippen molar-refractivity contribution >= 4 is 29.0 Å². The van der Waals surface area contributed by atoms with Crippen LogP contribution in [0.3, 0.4) is 0 Å². The monoisotopic (exact) mass is 329 g/mol. The zero-order valence-electron chi connectivity index (χ0n) is 13.5. The molecule has 3 nitrogen and oxygen atoms in total. The molecule has 0 aliphatic rings. The van der Waals surface area contributed by atoms with Crippen LogP contribution in [-0.2, 0) is 4.79 Å². The zero-order chi connectivity index (χ0) is 16.3. The number of hydrogen-bond donors (Lipinski definition) is 1. The SMILES string of the molecule is CCCCCCOc1ccc(NC(=O)C=Cc2cccs2)cc1. The molecule has 1 aromatic carbocycles. The van der Waals surface area contributed by atoms with E-state index in [-0.39, 0.29) is 5.91 Å². The summed E-state index contributed by atoms with van der Waals surface area (Å²) in [5.41, 5.74) is 0.768. The number of thiophene rings is 1. The number of nitrogens with one attached hydrogen (secondary N) is 1. The minimum Gasteiger partial charge on any atom is -0.494 e. The molecule has 0 bridgehead atoms. The van der Waals surface area contributed by atoms with Gasteiger partial charge in [-0.3, -0.25) is 4.79 Å². The Hall–Kier alpha value is -2.07. The number of carbonyl (C=O) groups excluding carboxylic acids is 1. The molecule has 0 aliphatic carbocycles. The van der Waals surface area contributed by atoms with E-state index in [1.807, 2.05) is 47.9 Å². The van der Waals surface area contributed by atoms with E-state index in [2.05, 4.69) is 12.2 Å². The molecule has 0 fully saturated rings. The fourth-order valence-corrected chi connectivity index (χ4v) is 2.70. The van der Waals surface area contributed by atoms with Crippen LogP contribution in [-0.4, -0.2) is 12.5 Å². The first-order valence-electron chi connectivity index (χ1n) is 8.03. The smallest absolute Gasteiger partial charge is 0.248 e. The number of carbonyl (C=O) groups is 1. The lowest BCUT2D eigenvalue weighted by atomic mass is 10.2. The molecule has 1 amide bonds. The summed E-state index contributed by atoms with van der Waals surface area (Å²) in [4.78, 5) is 12.9. The summed E-state index contributed by atoms with van der Waals surface area (Å²) in [6, 6.07) is 11.4. The molecular weight excluding hydrogens is 306 g/mol. The Morgan fingerprint density at radius 3 is 2.70 bits per heavy atom. The first-order chi connectivity index (χ1) is 11.3. The molecule has 0 saturated carbocycles. The van der Waals surface area contributed by atoms with Gasteiger partial charge < -0.3 is 10.1 Å². The molecule has 0 radical (unpaired) electrons. The molecule has 2 aromatic rings. The highest BCUT2D eigenvalue weighted by atomic mass is 32.1. The minimum atomic E-state index is -0.133. The molecule has 0 saturated heterocycles. The van der Waals surface area contributed by atoms with E-state index < -0.39 is 0 Å². The molecule has 1 N–H and O–H groups in total. The molecule has 0 unspecified atom stereocenters. The van der Waals surface area contributed by atoms with Gasteiger partial charge in [0.1, 0.15) is 5.75 Å². The number of rotatable bonds is 9. The zero-order valence-corrected chi connectivity index (χ0v) is 14.3. The van der Waals surface area contributed by atoms with Crippen LogP contribution >= 0.6 is 11.3 Å². The summed E-state index contributed by atoms with van der Waals surface area (Å²) >= 11 is 1.60. The average molecular weight is 329 g/mol. The van der Waals surface area contributed by atoms with Crippen LogP contribution in [0.25, 0.3) is 6.08 Å². The lowest BCUT2D eigenvalue weighted by molar-refractivity contribution is -0.111. The van der Waals surface area contributed by atoms with Gasteiger partial charge >= 0.3 is 0 Å². The molecule has 4 heteroatoms. The molecule has 23 heavy (non-hydrogen) atoms. The van der Waals surface area contributed by atoms with E-state index in [0.717, 1.165) is 29.3 Å². The predicted octanol–water partition coefficient (Wildman–Crippen LogP) is 5.36. The van der Waals surface area contributed by atoms with Crippen LogP contribution in [0.15, 0.2) is 47.9 Å². The van der Waals surface area contributed by atoms with Gasteiger partial charge in [-0.1, -0.05) is 32.3 Å². The number of unbranched alkanes of at least 4 members (excludes halogenated alkanes) is 3. The van der Waals surface area contributed by atoms with E-state index >= 15 is 0 Å². The van der Waals surface area contributed by atoms with E-state index in [4.69, 9.17) is 4.74 Å². The van der Waals surface area contributed by atoms with Crippen molar-refractivity contribution in [3.63, 3.8) is 0 Å². The van der Waals surface area contributed by atoms with Crippen molar-refractivity contribution in [2.24, 2.45) is 0 Å². The summed E-state index contributed by atoms with van der Waals surface area (Å²) in [6.07, 6.45) is 8.14. The van der Waals surface area contributed by atoms with E-state index in [0.29, 0.717) is 0 Å². The number of anilines is 1. The third-order valence-electron chi connectivity index (χ3n) is 3.33. The maximum atomic E-state index is 11.8. The number of ether oxygens (including phenoxy) is 1. The molecule has 0 aliphatic heterocycles. The summed E-state index contributed by atoms with van der Waals surface area (Å²) < 4.78 is 5.68. The number of benzene rings is 1. The van der Waals surface area contributed by atoms with E-state index in [9.17, 15) is 4.79 Å². The van der Waals surface area contributed by atoms with Gasteiger partial charge in [0.2, 0.25) is 5.91 Å². The second kappa shape index (κ2) is 9.85. The van der Waals surface area contributed by atoms with Gasteiger partial charge in [-0.15, -0.1) is 11.3 Å². The van der Waals surface area contributed by atoms with Crippen LogP contribution in [0.1, 0.15) is 37.5 Å². The van der Waals surface area contributed by atoms with Crippen LogP contribution in [0, 0.1) is 0 Å². The van der Waals surface area contributed by atoms with Crippen molar-refractivity contribution in [1.82, 2.24) is 0 Å². The van der Waals surface area contributed by atoms with Crippen molar-refractivity contribution in [2.75, 3.05) is 11.9 Å². The second-order valence-corrected chi connectivity index (χ2v) is 6.25. The number of hydrogen-bond acceptors (Lipinski definition) is 3. The lowest BCUT2D eigenvalue weighted by Gasteiger charge is -2.07. The van der Waals surface area contributed by atoms with Crippen molar-refractivity contribution < 1.29 is 9.53 Å². The Bertz CT molecular complexity index is 603. The molecule has 2 rings (SSSR count). The lowest BCUT2D eigenvalue weighted by Crippen LogP contribution is -2.07. The second-order valence-electron chi connectivity index (χ2n) is 5.27. The van der Waals surface area contributed by atoms with Crippen LogP contribution in [0.4, 0.5) is 5.69 Å². The molecule has 0 spiro atoms. The Morgan fingerprint density at radius 2 is 2.00 bits per heavy atom. The Balaban J connectivity index is 1.74. The first kappa shape index (κ1) is 17.3. The summed E-state index contributed by atoms with van der Waals surface area (Å²) in [6.45, 7) is 2.94. The van der Waals surface area contributed by atoms with Gasteiger partial charge in [0.25, 0.3) is 0 Å². The third kappa shape index (κ3) is 6.70. The van der Waals surface area contributed by atoms with Crippen molar-refractivity contribution in [1.29, 1.82) is 0 Å². The predicted molar refractivity (Wildman–Crippen MR) is 98.1 cm³/mol. The highest BCUT2D eigenvalue weighted by Gasteiger charge is 1.99. The fourth-order valence-electron chi connectivity index (χ4n) is 2.08. The van der Waals surface area contributed by atoms with Gasteiger partial charge in [0.05, 0.1) is 6.61 Å². The van der Waals surface area contributed by atoms with Gasteiger partial charge in [-0.05, 0) is 48.2 Å². The Morgan fingerprint density at radius 1 is 1.17 bits per heavy atom. The van der Waals surface area contributed by atoms with E-state index in [1.54, 1.807) is 17.4 Å². The standard InChI is InChI=1S/C19H23NO2S/c1-2-3-4-5-14-22-17-10-8-16(9-11-17)20-19(21)13-12-18-7-6-15-23-18/h6-13,15H,2-5,14H2,1H3,(H,20,21). The van der Waals surface area contributed by atoms with Gasteiger partial charge in [-0.25, -0.2) is 0 Å². The van der Waals surface area contributed by atoms with Crippen molar-refractivity contribution in [3.05, 3.63) is 52.7 Å². The summed E-state index contributed by atoms with van der Waals surface area (Å²) in [5, 5.41) is 4.82. The maximum absolute atomic E-state index is 11.8. The normalized spacial score (nSPS) is 10.8. The van der Waals surface area contributed by atoms with Gasteiger partial charge in [-0.2, -0.15) is 0 Å². The van der Waals surface area contributed by atoms with Crippen LogP contribution in [0.5, 0.6) is 5.75 Å². The van der Waals surface area contributed by atoms with Gasteiger partial charge in [0.15, 0.2) is 0 Å². The topological polar surface area (TPSA) is 38.3 Å². The highest BCUT2D eigenvalue weighted by molar-refractivity contribution is 7.10. The molecule has 1 heterocycles. The average Bonchev–Trinajstić information content (AvgIpc) is 3.08. The van der Waals surface area contributed by atoms with Crippen molar-refractivity contribution in [3.8, 4) is 5.75 Å². The Labute approximate surface area is 142 Å². The molecular formula is C19H23NO2S. The fraction of sp³-hybridized carbons (Fsp3) is 0.316. The molecule has 1 aromatic heterocycles. The van der Waals surface area contributed by atoms with Crippen LogP contribution in [0.2, 0.25) is 0 Å². The third-order valence-corrected chi connectivity index (χ3v) is 4.17. The maximum Gasteiger partial charge on any atom is 0.248 e. The Kier molecular flexibility index (Phi) is 7.40. The summed E-state index contributed by atoms with van der Waals surface area (Å²) in [7, 11) is 0. The largest absolute Gasteiger partial charge is 0.494 e. The van der Waals surface area contributed by atoms with E-state index in [1.165, 1.54) is 19.3 Å². The van der Waals surface area contributed by atoms with Gasteiger partial charge in [0, 0.05) is 16.6 Å². The molecule has 0 atom stereocenters. The molecule has 122 valence electrons. The first-order valence-corrected chi connectivity index (χ1v) is 8.91. The highest BCUT2D eigenvalue weighted by Crippen LogP contribution is 2.16. The number of amides is 1. The minimum absolute atomic E-state index is 0.133.